The van der Waals surface area contributed by atoms with E-state index in [4.69, 9.17) is 11.6 Å². The predicted molar refractivity (Wildman–Crippen MR) is 101 cm³/mol. The fraction of sp³-hybridized carbons (Fsp3) is 0.353. The minimum absolute atomic E-state index is 0.184. The smallest absolute Gasteiger partial charge is 0.314 e. The zero-order chi connectivity index (χ0) is 19.6. The maximum atomic E-state index is 12.3. The van der Waals surface area contributed by atoms with Gasteiger partial charge in [-0.3, -0.25) is 9.59 Å². The van der Waals surface area contributed by atoms with Crippen molar-refractivity contribution >= 4 is 39.1 Å². The van der Waals surface area contributed by atoms with Gasteiger partial charge in [-0.25, -0.2) is 13.1 Å². The zero-order valence-corrected chi connectivity index (χ0v) is 16.2. The lowest BCUT2D eigenvalue weighted by Gasteiger charge is -2.11. The molecule has 10 heteroatoms. The van der Waals surface area contributed by atoms with Gasteiger partial charge in [0.25, 0.3) is 0 Å². The van der Waals surface area contributed by atoms with Crippen LogP contribution in [-0.4, -0.2) is 36.6 Å². The minimum atomic E-state index is -3.31. The van der Waals surface area contributed by atoms with Crippen molar-refractivity contribution < 1.29 is 18.0 Å². The van der Waals surface area contributed by atoms with Gasteiger partial charge in [0, 0.05) is 17.1 Å². The number of nitrogens with one attached hydrogen (secondary N) is 2. The number of benzene rings is 1. The molecule has 0 bridgehead atoms. The number of aromatic nitrogens is 2. The molecule has 1 aromatic heterocycles. The number of unbranched alkanes of at least 4 members (excludes halogenated alkanes) is 1. The van der Waals surface area contributed by atoms with Gasteiger partial charge in [0.05, 0.1) is 22.9 Å². The molecular weight excluding hydrogens is 392 g/mol. The Bertz CT molecular complexity index is 983. The predicted octanol–water partition coefficient (Wildman–Crippen LogP) is 1.81. The molecule has 0 fully saturated rings. The number of sulfone groups is 1. The number of hydrogen-bond acceptors (Lipinski definition) is 5. The van der Waals surface area contributed by atoms with Crippen molar-refractivity contribution in [1.29, 1.82) is 0 Å². The standard InChI is InChI=1S/C17H19ClN4O4S/c1-2-3-8-19-16(23)17(24)20-15-13-9-27(25,26)10-14(13)21-22(15)12-6-4-11(18)5-7-12/h4-7H,2-3,8-10H2,1H3,(H,19,23)(H,20,24). The van der Waals surface area contributed by atoms with Gasteiger partial charge in [-0.15, -0.1) is 0 Å². The van der Waals surface area contributed by atoms with Crippen molar-refractivity contribution in [3.05, 3.63) is 40.5 Å². The summed E-state index contributed by atoms with van der Waals surface area (Å²) in [5, 5.41) is 9.90. The average Bonchev–Trinajstić information content (AvgIpc) is 3.08. The van der Waals surface area contributed by atoms with Crippen molar-refractivity contribution in [2.24, 2.45) is 0 Å². The van der Waals surface area contributed by atoms with E-state index in [0.717, 1.165) is 12.8 Å². The van der Waals surface area contributed by atoms with Crippen LogP contribution in [0.3, 0.4) is 0 Å². The first-order valence-corrected chi connectivity index (χ1v) is 10.7. The number of anilines is 1. The van der Waals surface area contributed by atoms with E-state index >= 15 is 0 Å². The van der Waals surface area contributed by atoms with Gasteiger partial charge in [-0.05, 0) is 30.7 Å². The first-order chi connectivity index (χ1) is 12.8. The summed E-state index contributed by atoms with van der Waals surface area (Å²) in [6.45, 7) is 2.37. The summed E-state index contributed by atoms with van der Waals surface area (Å²) in [5.74, 6) is -1.89. The summed E-state index contributed by atoms with van der Waals surface area (Å²) in [7, 11) is -3.31. The topological polar surface area (TPSA) is 110 Å². The van der Waals surface area contributed by atoms with Gasteiger partial charge in [0.2, 0.25) is 0 Å². The molecule has 0 spiro atoms. The Labute approximate surface area is 161 Å². The van der Waals surface area contributed by atoms with Crippen molar-refractivity contribution in [2.45, 2.75) is 31.3 Å². The lowest BCUT2D eigenvalue weighted by Crippen LogP contribution is -2.36. The summed E-state index contributed by atoms with van der Waals surface area (Å²) >= 11 is 5.91. The highest BCUT2D eigenvalue weighted by atomic mass is 35.5. The molecular formula is C17H19ClN4O4S. The summed E-state index contributed by atoms with van der Waals surface area (Å²) in [5.41, 5.74) is 1.36. The van der Waals surface area contributed by atoms with Crippen LogP contribution in [0, 0.1) is 0 Å². The molecule has 0 atom stereocenters. The number of nitrogens with zero attached hydrogens (tertiary/aromatic N) is 2. The number of fused-ring (bicyclic) bond motifs is 1. The van der Waals surface area contributed by atoms with Gasteiger partial charge < -0.3 is 10.6 Å². The maximum Gasteiger partial charge on any atom is 0.314 e. The second-order valence-electron chi connectivity index (χ2n) is 6.26. The highest BCUT2D eigenvalue weighted by molar-refractivity contribution is 7.90. The van der Waals surface area contributed by atoms with Crippen molar-refractivity contribution in [3.63, 3.8) is 0 Å². The summed E-state index contributed by atoms with van der Waals surface area (Å²) < 4.78 is 25.3. The highest BCUT2D eigenvalue weighted by Gasteiger charge is 2.33. The molecule has 144 valence electrons. The quantitative estimate of drug-likeness (QED) is 0.577. The third kappa shape index (κ3) is 4.30. The zero-order valence-electron chi connectivity index (χ0n) is 14.7. The average molecular weight is 411 g/mol. The molecule has 2 amide bonds. The van der Waals surface area contributed by atoms with E-state index in [0.29, 0.717) is 28.5 Å². The number of hydrogen-bond donors (Lipinski definition) is 2. The van der Waals surface area contributed by atoms with Gasteiger partial charge in [0.15, 0.2) is 9.84 Å². The summed E-state index contributed by atoms with van der Waals surface area (Å²) in [6, 6.07) is 6.69. The molecule has 2 aromatic rings. The van der Waals surface area contributed by atoms with Crippen LogP contribution in [0.25, 0.3) is 5.69 Å². The molecule has 0 saturated carbocycles. The van der Waals surface area contributed by atoms with Crippen molar-refractivity contribution in [3.8, 4) is 5.69 Å². The molecule has 3 rings (SSSR count). The van der Waals surface area contributed by atoms with Crippen LogP contribution in [0.4, 0.5) is 5.82 Å². The third-order valence-electron chi connectivity index (χ3n) is 4.11. The summed E-state index contributed by atoms with van der Waals surface area (Å²) in [4.78, 5) is 24.2. The second kappa shape index (κ2) is 7.69. The SMILES string of the molecule is CCCCNC(=O)C(=O)Nc1c2c(nn1-c1ccc(Cl)cc1)CS(=O)(=O)C2. The van der Waals surface area contributed by atoms with Crippen molar-refractivity contribution in [2.75, 3.05) is 11.9 Å². The van der Waals surface area contributed by atoms with Crippen LogP contribution < -0.4 is 10.6 Å². The first kappa shape index (κ1) is 19.4. The normalized spacial score (nSPS) is 14.6. The largest absolute Gasteiger partial charge is 0.348 e. The Balaban J connectivity index is 1.92. The first-order valence-electron chi connectivity index (χ1n) is 8.47. The molecule has 8 nitrogen and oxygen atoms in total. The van der Waals surface area contributed by atoms with Crippen LogP contribution in [-0.2, 0) is 30.9 Å². The molecule has 0 unspecified atom stereocenters. The molecule has 1 aliphatic heterocycles. The van der Waals surface area contributed by atoms with Gasteiger partial charge >= 0.3 is 11.8 Å². The molecule has 1 aromatic carbocycles. The Morgan fingerprint density at radius 2 is 1.89 bits per heavy atom. The number of amides is 2. The van der Waals surface area contributed by atoms with E-state index in [2.05, 4.69) is 15.7 Å². The molecule has 0 saturated heterocycles. The van der Waals surface area contributed by atoms with E-state index in [9.17, 15) is 18.0 Å². The third-order valence-corrected chi connectivity index (χ3v) is 5.81. The van der Waals surface area contributed by atoms with E-state index < -0.39 is 21.7 Å². The lowest BCUT2D eigenvalue weighted by atomic mass is 10.2. The molecule has 1 aliphatic rings. The number of halogens is 1. The Hall–Kier alpha value is -2.39. The molecule has 0 radical (unpaired) electrons. The lowest BCUT2D eigenvalue weighted by molar-refractivity contribution is -0.136. The van der Waals surface area contributed by atoms with Gasteiger partial charge in [-0.2, -0.15) is 5.10 Å². The van der Waals surface area contributed by atoms with Crippen LogP contribution in [0.15, 0.2) is 24.3 Å². The Morgan fingerprint density at radius 3 is 2.56 bits per heavy atom. The monoisotopic (exact) mass is 410 g/mol. The second-order valence-corrected chi connectivity index (χ2v) is 8.76. The van der Waals surface area contributed by atoms with Crippen LogP contribution in [0.1, 0.15) is 31.0 Å². The minimum Gasteiger partial charge on any atom is -0.348 e. The van der Waals surface area contributed by atoms with Crippen LogP contribution in [0.2, 0.25) is 5.02 Å². The van der Waals surface area contributed by atoms with E-state index in [1.807, 2.05) is 6.92 Å². The number of carbonyl (C=O) groups is 2. The molecule has 2 heterocycles. The summed E-state index contributed by atoms with van der Waals surface area (Å²) in [6.07, 6.45) is 1.64. The Kier molecular flexibility index (Phi) is 5.52. The molecule has 0 aliphatic carbocycles. The van der Waals surface area contributed by atoms with E-state index in [-0.39, 0.29) is 17.3 Å². The van der Waals surface area contributed by atoms with Gasteiger partial charge in [-0.1, -0.05) is 24.9 Å². The van der Waals surface area contributed by atoms with Crippen LogP contribution in [0.5, 0.6) is 0 Å². The van der Waals surface area contributed by atoms with Crippen molar-refractivity contribution in [1.82, 2.24) is 15.1 Å². The Morgan fingerprint density at radius 1 is 1.19 bits per heavy atom. The fourth-order valence-electron chi connectivity index (χ4n) is 2.76. The molecule has 2 N–H and O–H groups in total. The number of rotatable bonds is 5. The fourth-order valence-corrected chi connectivity index (χ4v) is 4.38. The number of carbonyl (C=O) groups excluding carboxylic acids is 2. The van der Waals surface area contributed by atoms with E-state index in [1.54, 1.807) is 24.3 Å². The molecule has 27 heavy (non-hydrogen) atoms. The van der Waals surface area contributed by atoms with Crippen LogP contribution >= 0.6 is 11.6 Å². The highest BCUT2D eigenvalue weighted by Crippen LogP contribution is 2.33. The van der Waals surface area contributed by atoms with Gasteiger partial charge in [0.1, 0.15) is 5.82 Å². The van der Waals surface area contributed by atoms with E-state index in [1.165, 1.54) is 4.68 Å². The maximum absolute atomic E-state index is 12.3.